The lowest BCUT2D eigenvalue weighted by Crippen LogP contribution is -2.22. The molecule has 0 saturated heterocycles. The quantitative estimate of drug-likeness (QED) is 0.745. The van der Waals surface area contributed by atoms with E-state index in [9.17, 15) is 0 Å². The number of nitrogens with one attached hydrogen (secondary N) is 1. The fourth-order valence-electron chi connectivity index (χ4n) is 2.15. The van der Waals surface area contributed by atoms with Gasteiger partial charge in [-0.2, -0.15) is 0 Å². The zero-order valence-electron chi connectivity index (χ0n) is 12.4. The molecule has 1 aliphatic rings. The van der Waals surface area contributed by atoms with Crippen molar-refractivity contribution in [3.05, 3.63) is 18.2 Å². The molecule has 1 fully saturated rings. The highest BCUT2D eigenvalue weighted by molar-refractivity contribution is 7.98. The number of hydrogen-bond acceptors (Lipinski definition) is 6. The molecule has 7 nitrogen and oxygen atoms in total. The van der Waals surface area contributed by atoms with Crippen LogP contribution in [0.2, 0.25) is 0 Å². The summed E-state index contributed by atoms with van der Waals surface area (Å²) in [6.07, 6.45) is 6.39. The smallest absolute Gasteiger partial charge is 0.209 e. The SMILES string of the molecule is CC(C)n1cncc1CSc1nnnn1CCNC1CC1. The molecule has 0 atom stereocenters. The summed E-state index contributed by atoms with van der Waals surface area (Å²) < 4.78 is 4.05. The molecule has 2 aromatic rings. The minimum absolute atomic E-state index is 0.418. The van der Waals surface area contributed by atoms with E-state index in [1.54, 1.807) is 11.8 Å². The standard InChI is InChI=1S/C13H21N7S/c1-10(2)19-9-14-7-12(19)8-21-13-16-17-18-20(13)6-5-15-11-3-4-11/h7,9-11,15H,3-6,8H2,1-2H3. The summed E-state index contributed by atoms with van der Waals surface area (Å²) in [5.74, 6) is 0.828. The molecule has 1 saturated carbocycles. The lowest BCUT2D eigenvalue weighted by Gasteiger charge is -2.11. The maximum atomic E-state index is 4.22. The van der Waals surface area contributed by atoms with Crippen LogP contribution < -0.4 is 5.32 Å². The number of hydrogen-bond donors (Lipinski definition) is 1. The Hall–Kier alpha value is -1.41. The first-order valence-electron chi connectivity index (χ1n) is 7.37. The molecule has 0 radical (unpaired) electrons. The molecule has 3 rings (SSSR count). The highest BCUT2D eigenvalue weighted by Crippen LogP contribution is 2.22. The van der Waals surface area contributed by atoms with Crippen molar-refractivity contribution in [2.75, 3.05) is 6.54 Å². The van der Waals surface area contributed by atoms with Gasteiger partial charge in [-0.25, -0.2) is 9.67 Å². The van der Waals surface area contributed by atoms with Crippen LogP contribution in [0.4, 0.5) is 0 Å². The topological polar surface area (TPSA) is 73.5 Å². The van der Waals surface area contributed by atoms with E-state index in [0.29, 0.717) is 6.04 Å². The van der Waals surface area contributed by atoms with Crippen molar-refractivity contribution in [2.45, 2.75) is 56.2 Å². The third-order valence-electron chi connectivity index (χ3n) is 3.48. The zero-order valence-corrected chi connectivity index (χ0v) is 13.3. The van der Waals surface area contributed by atoms with E-state index in [-0.39, 0.29) is 0 Å². The minimum Gasteiger partial charge on any atom is -0.331 e. The Kier molecular flexibility index (Phi) is 4.54. The Morgan fingerprint density at radius 1 is 1.43 bits per heavy atom. The summed E-state index contributed by atoms with van der Waals surface area (Å²) in [6, 6.07) is 1.14. The van der Waals surface area contributed by atoms with Crippen molar-refractivity contribution in [2.24, 2.45) is 0 Å². The average Bonchev–Trinajstić information content (AvgIpc) is 2.99. The molecule has 0 aliphatic heterocycles. The molecule has 21 heavy (non-hydrogen) atoms. The van der Waals surface area contributed by atoms with Gasteiger partial charge in [0.15, 0.2) is 0 Å². The Morgan fingerprint density at radius 3 is 3.05 bits per heavy atom. The third kappa shape index (κ3) is 3.82. The van der Waals surface area contributed by atoms with Crippen LogP contribution in [0.15, 0.2) is 17.7 Å². The first-order valence-corrected chi connectivity index (χ1v) is 8.35. The van der Waals surface area contributed by atoms with Crippen molar-refractivity contribution in [1.82, 2.24) is 35.1 Å². The van der Waals surface area contributed by atoms with E-state index in [0.717, 1.165) is 30.0 Å². The first-order chi connectivity index (χ1) is 10.2. The Balaban J connectivity index is 1.54. The molecule has 114 valence electrons. The van der Waals surface area contributed by atoms with Crippen LogP contribution in [0.3, 0.4) is 0 Å². The van der Waals surface area contributed by atoms with Gasteiger partial charge in [0.2, 0.25) is 5.16 Å². The number of rotatable bonds is 8. The van der Waals surface area contributed by atoms with Gasteiger partial charge in [-0.05, 0) is 37.1 Å². The first kappa shape index (κ1) is 14.5. The number of nitrogens with zero attached hydrogens (tertiary/aromatic N) is 6. The van der Waals surface area contributed by atoms with E-state index in [2.05, 4.69) is 44.2 Å². The van der Waals surface area contributed by atoms with Crippen LogP contribution in [0.1, 0.15) is 38.4 Å². The maximum Gasteiger partial charge on any atom is 0.209 e. The number of thioether (sulfide) groups is 1. The van der Waals surface area contributed by atoms with Crippen LogP contribution in [0, 0.1) is 0 Å². The van der Waals surface area contributed by atoms with Crippen molar-refractivity contribution < 1.29 is 0 Å². The van der Waals surface area contributed by atoms with E-state index in [1.807, 2.05) is 17.2 Å². The molecule has 1 aliphatic carbocycles. The van der Waals surface area contributed by atoms with Crippen molar-refractivity contribution in [1.29, 1.82) is 0 Å². The third-order valence-corrected chi connectivity index (χ3v) is 4.48. The summed E-state index contributed by atoms with van der Waals surface area (Å²) in [4.78, 5) is 4.22. The highest BCUT2D eigenvalue weighted by atomic mass is 32.2. The molecular formula is C13H21N7S. The van der Waals surface area contributed by atoms with Crippen LogP contribution in [0.5, 0.6) is 0 Å². The molecule has 0 unspecified atom stereocenters. The van der Waals surface area contributed by atoms with Gasteiger partial charge in [-0.15, -0.1) is 5.10 Å². The monoisotopic (exact) mass is 307 g/mol. The van der Waals surface area contributed by atoms with Gasteiger partial charge in [-0.1, -0.05) is 11.8 Å². The lowest BCUT2D eigenvalue weighted by atomic mass is 10.4. The van der Waals surface area contributed by atoms with Gasteiger partial charge in [0, 0.05) is 36.3 Å². The Morgan fingerprint density at radius 2 is 2.29 bits per heavy atom. The van der Waals surface area contributed by atoms with Gasteiger partial charge in [0.05, 0.1) is 12.9 Å². The number of aromatic nitrogens is 6. The van der Waals surface area contributed by atoms with Gasteiger partial charge in [0.25, 0.3) is 0 Å². The molecule has 1 N–H and O–H groups in total. The molecule has 2 heterocycles. The van der Waals surface area contributed by atoms with E-state index < -0.39 is 0 Å². The zero-order chi connectivity index (χ0) is 14.7. The van der Waals surface area contributed by atoms with Crippen LogP contribution >= 0.6 is 11.8 Å². The van der Waals surface area contributed by atoms with E-state index in [1.165, 1.54) is 18.5 Å². The molecule has 8 heteroatoms. The van der Waals surface area contributed by atoms with Crippen LogP contribution in [0.25, 0.3) is 0 Å². The average molecular weight is 307 g/mol. The summed E-state index contributed by atoms with van der Waals surface area (Å²) >= 11 is 1.66. The summed E-state index contributed by atoms with van der Waals surface area (Å²) in [5, 5.41) is 16.3. The molecule has 0 amide bonds. The molecule has 0 aromatic carbocycles. The van der Waals surface area contributed by atoms with Gasteiger partial charge >= 0.3 is 0 Å². The lowest BCUT2D eigenvalue weighted by molar-refractivity contribution is 0.509. The largest absolute Gasteiger partial charge is 0.331 e. The second-order valence-corrected chi connectivity index (χ2v) is 6.53. The van der Waals surface area contributed by atoms with E-state index >= 15 is 0 Å². The number of imidazole rings is 1. The Bertz CT molecular complexity index is 573. The molecule has 0 bridgehead atoms. The van der Waals surface area contributed by atoms with Crippen LogP contribution in [-0.4, -0.2) is 42.3 Å². The van der Waals surface area contributed by atoms with Crippen LogP contribution in [-0.2, 0) is 12.3 Å². The highest BCUT2D eigenvalue weighted by Gasteiger charge is 2.20. The van der Waals surface area contributed by atoms with Gasteiger partial charge in [0.1, 0.15) is 0 Å². The summed E-state index contributed by atoms with van der Waals surface area (Å²) in [5.41, 5.74) is 1.20. The normalized spacial score (nSPS) is 15.0. The van der Waals surface area contributed by atoms with Crippen molar-refractivity contribution >= 4 is 11.8 Å². The van der Waals surface area contributed by atoms with E-state index in [4.69, 9.17) is 0 Å². The molecular weight excluding hydrogens is 286 g/mol. The number of tetrazole rings is 1. The van der Waals surface area contributed by atoms with Crippen molar-refractivity contribution in [3.8, 4) is 0 Å². The fourth-order valence-corrected chi connectivity index (χ4v) is 3.02. The summed E-state index contributed by atoms with van der Waals surface area (Å²) in [7, 11) is 0. The second kappa shape index (κ2) is 6.57. The predicted octanol–water partition coefficient (Wildman–Crippen LogP) is 1.49. The second-order valence-electron chi connectivity index (χ2n) is 5.59. The predicted molar refractivity (Wildman–Crippen MR) is 81.0 cm³/mol. The fraction of sp³-hybridized carbons (Fsp3) is 0.692. The van der Waals surface area contributed by atoms with Gasteiger partial charge in [-0.3, -0.25) is 0 Å². The van der Waals surface area contributed by atoms with Crippen molar-refractivity contribution in [3.63, 3.8) is 0 Å². The minimum atomic E-state index is 0.418. The maximum absolute atomic E-state index is 4.22. The molecule has 2 aromatic heterocycles. The molecule has 0 spiro atoms. The summed E-state index contributed by atoms with van der Waals surface area (Å²) in [6.45, 7) is 6.05. The van der Waals surface area contributed by atoms with Gasteiger partial charge < -0.3 is 9.88 Å². The Labute approximate surface area is 128 Å².